The Kier molecular flexibility index (Phi) is 5.69. The number of aromatic nitrogens is 1. The molecule has 0 radical (unpaired) electrons. The molecule has 4 rings (SSSR count). The molecule has 0 atom stereocenters. The smallest absolute Gasteiger partial charge is 0.252 e. The van der Waals surface area contributed by atoms with Crippen LogP contribution in [-0.4, -0.2) is 34.2 Å². The highest BCUT2D eigenvalue weighted by Crippen LogP contribution is 2.30. The van der Waals surface area contributed by atoms with Gasteiger partial charge < -0.3 is 14.9 Å². The summed E-state index contributed by atoms with van der Waals surface area (Å²) in [5.74, 6) is 1.14. The van der Waals surface area contributed by atoms with Gasteiger partial charge in [0.2, 0.25) is 0 Å². The number of rotatable bonds is 6. The molecule has 0 unspecified atom stereocenters. The van der Waals surface area contributed by atoms with Gasteiger partial charge in [0.1, 0.15) is 11.5 Å². The maximum absolute atomic E-state index is 12.7. The molecule has 0 bridgehead atoms. The molecular weight excluding hydrogens is 386 g/mol. The summed E-state index contributed by atoms with van der Waals surface area (Å²) >= 11 is 1.67. The number of aryl methyl sites for hydroxylation is 2. The number of aromatic hydroxyl groups is 1. The van der Waals surface area contributed by atoms with E-state index >= 15 is 0 Å². The fourth-order valence-electron chi connectivity index (χ4n) is 3.74. The van der Waals surface area contributed by atoms with Gasteiger partial charge in [-0.15, -0.1) is 11.3 Å². The molecule has 3 heterocycles. The number of thiophene rings is 1. The molecule has 7 heteroatoms. The second-order valence-corrected chi connectivity index (χ2v) is 8.45. The number of phenolic OH excluding ortho intramolecular Hbond substituents is 1. The van der Waals surface area contributed by atoms with E-state index in [1.807, 2.05) is 31.4 Å². The van der Waals surface area contributed by atoms with Crippen molar-refractivity contribution in [2.75, 3.05) is 13.1 Å². The summed E-state index contributed by atoms with van der Waals surface area (Å²) in [7, 11) is 0. The highest BCUT2D eigenvalue weighted by Gasteiger charge is 2.25. The van der Waals surface area contributed by atoms with Gasteiger partial charge in [-0.25, -0.2) is 0 Å². The maximum atomic E-state index is 12.7. The minimum Gasteiger partial charge on any atom is -0.508 e. The molecule has 6 nitrogen and oxygen atoms in total. The fraction of sp³-hybridized carbons (Fsp3) is 0.364. The first-order valence-corrected chi connectivity index (χ1v) is 10.7. The van der Waals surface area contributed by atoms with Crippen molar-refractivity contribution in [2.45, 2.75) is 39.8 Å². The lowest BCUT2D eigenvalue weighted by atomic mass is 10.0. The van der Waals surface area contributed by atoms with Crippen molar-refractivity contribution in [2.24, 2.45) is 0 Å². The van der Waals surface area contributed by atoms with Crippen LogP contribution in [0.1, 0.15) is 43.4 Å². The van der Waals surface area contributed by atoms with Gasteiger partial charge in [0.25, 0.3) is 5.91 Å². The molecule has 0 fully saturated rings. The zero-order valence-corrected chi connectivity index (χ0v) is 17.5. The molecule has 0 spiro atoms. The number of phenols is 1. The Hall–Kier alpha value is -2.64. The van der Waals surface area contributed by atoms with E-state index in [0.29, 0.717) is 6.54 Å². The number of amides is 1. The molecule has 29 heavy (non-hydrogen) atoms. The summed E-state index contributed by atoms with van der Waals surface area (Å²) in [5.41, 5.74) is 5.20. The monoisotopic (exact) mass is 411 g/mol. The Labute approximate surface area is 174 Å². The molecule has 152 valence electrons. The quantitative estimate of drug-likeness (QED) is 0.648. The van der Waals surface area contributed by atoms with Gasteiger partial charge in [0.15, 0.2) is 0 Å². The number of hydrogen-bond acceptors (Lipinski definition) is 6. The van der Waals surface area contributed by atoms with Crippen molar-refractivity contribution in [1.29, 1.82) is 0 Å². The van der Waals surface area contributed by atoms with Crippen molar-refractivity contribution < 1.29 is 14.4 Å². The maximum Gasteiger partial charge on any atom is 0.252 e. The summed E-state index contributed by atoms with van der Waals surface area (Å²) in [6, 6.07) is 7.09. The average Bonchev–Trinajstić information content (AvgIpc) is 3.27. The van der Waals surface area contributed by atoms with Crippen LogP contribution >= 0.6 is 11.3 Å². The van der Waals surface area contributed by atoms with E-state index < -0.39 is 0 Å². The molecule has 0 saturated heterocycles. The van der Waals surface area contributed by atoms with E-state index in [9.17, 15) is 9.90 Å². The van der Waals surface area contributed by atoms with E-state index in [2.05, 4.69) is 15.4 Å². The zero-order chi connectivity index (χ0) is 20.4. The summed E-state index contributed by atoms with van der Waals surface area (Å²) in [6.07, 6.45) is 1.62. The van der Waals surface area contributed by atoms with Crippen LogP contribution in [0.5, 0.6) is 5.75 Å². The summed E-state index contributed by atoms with van der Waals surface area (Å²) in [5, 5.41) is 18.4. The molecule has 2 aromatic heterocycles. The van der Waals surface area contributed by atoms with E-state index in [4.69, 9.17) is 4.52 Å². The lowest BCUT2D eigenvalue weighted by molar-refractivity contribution is 0.0953. The van der Waals surface area contributed by atoms with Gasteiger partial charge in [-0.2, -0.15) is 0 Å². The number of carbonyl (C=O) groups is 1. The van der Waals surface area contributed by atoms with Crippen molar-refractivity contribution in [3.63, 3.8) is 0 Å². The largest absolute Gasteiger partial charge is 0.508 e. The van der Waals surface area contributed by atoms with Gasteiger partial charge >= 0.3 is 0 Å². The van der Waals surface area contributed by atoms with Crippen LogP contribution in [0.25, 0.3) is 0 Å². The highest BCUT2D eigenvalue weighted by molar-refractivity contribution is 7.10. The van der Waals surface area contributed by atoms with Crippen LogP contribution in [-0.2, 0) is 25.9 Å². The number of carbonyl (C=O) groups excluding carboxylic acids is 1. The molecule has 1 aliphatic rings. The second-order valence-electron chi connectivity index (χ2n) is 7.49. The Morgan fingerprint density at radius 1 is 1.31 bits per heavy atom. The Balaban J connectivity index is 1.35. The minimum atomic E-state index is 0.000418. The first-order chi connectivity index (χ1) is 14.0. The number of nitrogens with zero attached hydrogens (tertiary/aromatic N) is 2. The normalized spacial score (nSPS) is 14.0. The van der Waals surface area contributed by atoms with Crippen LogP contribution in [0.4, 0.5) is 0 Å². The predicted molar refractivity (Wildman–Crippen MR) is 112 cm³/mol. The van der Waals surface area contributed by atoms with Gasteiger partial charge in [-0.05, 0) is 49.9 Å². The molecule has 3 aromatic rings. The topological polar surface area (TPSA) is 78.6 Å². The Morgan fingerprint density at radius 2 is 2.10 bits per heavy atom. The van der Waals surface area contributed by atoms with Crippen LogP contribution < -0.4 is 5.32 Å². The van der Waals surface area contributed by atoms with E-state index in [1.165, 1.54) is 10.4 Å². The lowest BCUT2D eigenvalue weighted by Gasteiger charge is -2.27. The minimum absolute atomic E-state index is 0.000418. The van der Waals surface area contributed by atoms with Gasteiger partial charge in [0.05, 0.1) is 11.3 Å². The Morgan fingerprint density at radius 3 is 2.83 bits per heavy atom. The number of fused-ring (bicyclic) bond motifs is 1. The highest BCUT2D eigenvalue weighted by atomic mass is 32.1. The second kappa shape index (κ2) is 8.39. The SMILES string of the molecule is Cc1noc(C)c1CN1CCc2c(C(=O)NCCc3ccc(O)cc3)csc2C1. The third-order valence-corrected chi connectivity index (χ3v) is 6.48. The van der Waals surface area contributed by atoms with Crippen molar-refractivity contribution in [1.82, 2.24) is 15.4 Å². The Bertz CT molecular complexity index is 987. The molecule has 1 aliphatic heterocycles. The van der Waals surface area contributed by atoms with Crippen molar-refractivity contribution >= 4 is 17.2 Å². The standard InChI is InChI=1S/C22H25N3O3S/c1-14-19(15(2)28-24-14)11-25-10-8-18-20(13-29-21(18)12-25)22(27)23-9-7-16-3-5-17(26)6-4-16/h3-6,13,26H,7-12H2,1-2H3,(H,23,27). The van der Waals surface area contributed by atoms with Crippen molar-refractivity contribution in [3.05, 3.63) is 68.2 Å². The summed E-state index contributed by atoms with van der Waals surface area (Å²) in [4.78, 5) is 16.3. The fourth-order valence-corrected chi connectivity index (χ4v) is 4.86. The molecule has 1 aromatic carbocycles. The summed E-state index contributed by atoms with van der Waals surface area (Å²) in [6.45, 7) is 7.11. The number of benzene rings is 1. The first kappa shape index (κ1) is 19.7. The third-order valence-electron chi connectivity index (χ3n) is 5.47. The van der Waals surface area contributed by atoms with Crippen LogP contribution in [0, 0.1) is 13.8 Å². The van der Waals surface area contributed by atoms with Crippen LogP contribution in [0.3, 0.4) is 0 Å². The van der Waals surface area contributed by atoms with Crippen LogP contribution in [0.15, 0.2) is 34.2 Å². The van der Waals surface area contributed by atoms with Crippen molar-refractivity contribution in [3.8, 4) is 5.75 Å². The molecule has 0 saturated carbocycles. The molecule has 2 N–H and O–H groups in total. The predicted octanol–water partition coefficient (Wildman–Crippen LogP) is 3.59. The van der Waals surface area contributed by atoms with E-state index in [1.54, 1.807) is 23.5 Å². The summed E-state index contributed by atoms with van der Waals surface area (Å²) < 4.78 is 5.28. The van der Waals surface area contributed by atoms with Gasteiger partial charge in [-0.1, -0.05) is 17.3 Å². The average molecular weight is 412 g/mol. The number of hydrogen-bond donors (Lipinski definition) is 2. The third kappa shape index (κ3) is 4.36. The first-order valence-electron chi connectivity index (χ1n) is 9.80. The molecule has 0 aliphatic carbocycles. The zero-order valence-electron chi connectivity index (χ0n) is 16.7. The van der Waals surface area contributed by atoms with Gasteiger partial charge in [0, 0.05) is 42.0 Å². The molecular formula is C22H25N3O3S. The lowest BCUT2D eigenvalue weighted by Crippen LogP contribution is -2.31. The van der Waals surface area contributed by atoms with E-state index in [0.717, 1.165) is 60.6 Å². The van der Waals surface area contributed by atoms with E-state index in [-0.39, 0.29) is 11.7 Å². The van der Waals surface area contributed by atoms with Gasteiger partial charge in [-0.3, -0.25) is 9.69 Å². The number of nitrogens with one attached hydrogen (secondary N) is 1. The molecule has 1 amide bonds. The van der Waals surface area contributed by atoms with Crippen LogP contribution in [0.2, 0.25) is 0 Å².